The maximum absolute atomic E-state index is 11.8. The van der Waals surface area contributed by atoms with Crippen molar-refractivity contribution in [2.24, 2.45) is 11.3 Å². The number of aliphatic hydroxyl groups excluding tert-OH is 1. The Balaban J connectivity index is 1.72. The molecule has 2 aliphatic heterocycles. The first kappa shape index (κ1) is 15.4. The Labute approximate surface area is 130 Å². The molecule has 1 N–H and O–H groups in total. The number of thiophene rings is 1. The zero-order valence-corrected chi connectivity index (χ0v) is 13.9. The van der Waals surface area contributed by atoms with Crippen molar-refractivity contribution in [3.8, 4) is 0 Å². The van der Waals surface area contributed by atoms with Gasteiger partial charge in [-0.15, -0.1) is 11.3 Å². The number of hydrogen-bond donors (Lipinski definition) is 1. The van der Waals surface area contributed by atoms with Crippen molar-refractivity contribution in [1.29, 1.82) is 0 Å². The monoisotopic (exact) mass is 330 g/mol. The standard InChI is InChI=1S/C14H22N2O3S2/c1-21(18,19)16-8-12-7-15(9-13-3-2-6-20-13)5-4-14(12,10-16)11-17/h2-3,6,12,17H,4-5,7-11H2,1H3/t12-,14+/m1/s1. The van der Waals surface area contributed by atoms with Crippen molar-refractivity contribution in [2.75, 3.05) is 39.0 Å². The average molecular weight is 330 g/mol. The van der Waals surface area contributed by atoms with Crippen LogP contribution in [0.4, 0.5) is 0 Å². The largest absolute Gasteiger partial charge is 0.396 e. The van der Waals surface area contributed by atoms with E-state index in [-0.39, 0.29) is 17.9 Å². The molecule has 1 aromatic rings. The van der Waals surface area contributed by atoms with Gasteiger partial charge in [0.2, 0.25) is 10.0 Å². The minimum absolute atomic E-state index is 0.0799. The van der Waals surface area contributed by atoms with Crippen molar-refractivity contribution in [1.82, 2.24) is 9.21 Å². The van der Waals surface area contributed by atoms with Crippen LogP contribution in [0.3, 0.4) is 0 Å². The highest BCUT2D eigenvalue weighted by Gasteiger charge is 2.51. The van der Waals surface area contributed by atoms with Gasteiger partial charge in [0.1, 0.15) is 0 Å². The van der Waals surface area contributed by atoms with Crippen LogP contribution < -0.4 is 0 Å². The van der Waals surface area contributed by atoms with E-state index in [0.717, 1.165) is 26.1 Å². The van der Waals surface area contributed by atoms with Crippen LogP contribution in [0.25, 0.3) is 0 Å². The van der Waals surface area contributed by atoms with E-state index < -0.39 is 10.0 Å². The summed E-state index contributed by atoms with van der Waals surface area (Å²) in [6, 6.07) is 4.19. The van der Waals surface area contributed by atoms with Gasteiger partial charge in [-0.05, 0) is 30.3 Å². The van der Waals surface area contributed by atoms with Crippen molar-refractivity contribution < 1.29 is 13.5 Å². The van der Waals surface area contributed by atoms with Crippen LogP contribution in [0.2, 0.25) is 0 Å². The molecule has 0 amide bonds. The normalized spacial score (nSPS) is 31.4. The van der Waals surface area contributed by atoms with Gasteiger partial charge in [0.05, 0.1) is 12.9 Å². The number of aliphatic hydroxyl groups is 1. The molecule has 2 saturated heterocycles. The number of nitrogens with zero attached hydrogens (tertiary/aromatic N) is 2. The Morgan fingerprint density at radius 2 is 2.29 bits per heavy atom. The third kappa shape index (κ3) is 3.03. The summed E-state index contributed by atoms with van der Waals surface area (Å²) in [6.45, 7) is 3.81. The fourth-order valence-corrected chi connectivity index (χ4v) is 5.27. The molecule has 118 valence electrons. The van der Waals surface area contributed by atoms with Crippen LogP contribution in [-0.4, -0.2) is 61.8 Å². The summed E-state index contributed by atoms with van der Waals surface area (Å²) in [7, 11) is -3.17. The number of sulfonamides is 1. The lowest BCUT2D eigenvalue weighted by molar-refractivity contribution is 0.0174. The van der Waals surface area contributed by atoms with Crippen molar-refractivity contribution in [3.05, 3.63) is 22.4 Å². The van der Waals surface area contributed by atoms with E-state index in [0.29, 0.717) is 13.1 Å². The molecule has 2 fully saturated rings. The fourth-order valence-electron chi connectivity index (χ4n) is 3.58. The Morgan fingerprint density at radius 3 is 2.90 bits per heavy atom. The van der Waals surface area contributed by atoms with E-state index >= 15 is 0 Å². The van der Waals surface area contributed by atoms with E-state index in [9.17, 15) is 13.5 Å². The van der Waals surface area contributed by atoms with E-state index in [1.165, 1.54) is 11.1 Å². The molecule has 0 unspecified atom stereocenters. The molecule has 7 heteroatoms. The third-order valence-corrected chi connectivity index (χ3v) is 7.01. The van der Waals surface area contributed by atoms with Crippen molar-refractivity contribution in [2.45, 2.75) is 13.0 Å². The number of likely N-dealkylation sites (tertiary alicyclic amines) is 1. The molecule has 21 heavy (non-hydrogen) atoms. The Morgan fingerprint density at radius 1 is 1.48 bits per heavy atom. The molecule has 2 atom stereocenters. The van der Waals surface area contributed by atoms with Gasteiger partial charge in [0, 0.05) is 36.5 Å². The minimum Gasteiger partial charge on any atom is -0.396 e. The van der Waals surface area contributed by atoms with Crippen LogP contribution in [-0.2, 0) is 16.6 Å². The zero-order valence-electron chi connectivity index (χ0n) is 12.2. The molecule has 1 aromatic heterocycles. The molecule has 3 rings (SSSR count). The maximum Gasteiger partial charge on any atom is 0.211 e. The first-order valence-electron chi connectivity index (χ1n) is 7.24. The first-order valence-corrected chi connectivity index (χ1v) is 9.96. The Kier molecular flexibility index (Phi) is 4.13. The number of piperidine rings is 1. The van der Waals surface area contributed by atoms with E-state index in [2.05, 4.69) is 22.4 Å². The molecule has 0 spiro atoms. The van der Waals surface area contributed by atoms with Crippen LogP contribution >= 0.6 is 11.3 Å². The second kappa shape index (κ2) is 5.62. The minimum atomic E-state index is -3.17. The molecule has 0 aliphatic carbocycles. The van der Waals surface area contributed by atoms with Gasteiger partial charge < -0.3 is 5.11 Å². The summed E-state index contributed by atoms with van der Waals surface area (Å²) in [6.07, 6.45) is 2.13. The molecule has 0 bridgehead atoms. The lowest BCUT2D eigenvalue weighted by Gasteiger charge is -2.42. The van der Waals surface area contributed by atoms with Gasteiger partial charge in [-0.2, -0.15) is 0 Å². The quantitative estimate of drug-likeness (QED) is 0.888. The van der Waals surface area contributed by atoms with Gasteiger partial charge in [0.25, 0.3) is 0 Å². The number of hydrogen-bond acceptors (Lipinski definition) is 5. The van der Waals surface area contributed by atoms with Crippen molar-refractivity contribution in [3.63, 3.8) is 0 Å². The average Bonchev–Trinajstić information content (AvgIpc) is 3.05. The SMILES string of the molecule is CS(=O)(=O)N1C[C@H]2CN(Cc3cccs3)CC[C@@]2(CO)C1. The van der Waals surface area contributed by atoms with Gasteiger partial charge in [-0.25, -0.2) is 12.7 Å². The molecule has 5 nitrogen and oxygen atoms in total. The second-order valence-corrected chi connectivity index (χ2v) is 9.35. The van der Waals surface area contributed by atoms with Crippen molar-refractivity contribution >= 4 is 21.4 Å². The third-order valence-electron chi connectivity index (χ3n) is 4.93. The summed E-state index contributed by atoms with van der Waals surface area (Å²) in [5.74, 6) is 0.228. The van der Waals surface area contributed by atoms with Gasteiger partial charge in [0.15, 0.2) is 0 Å². The van der Waals surface area contributed by atoms with E-state index in [1.54, 1.807) is 15.6 Å². The summed E-state index contributed by atoms with van der Waals surface area (Å²) in [5, 5.41) is 11.9. The van der Waals surface area contributed by atoms with Crippen LogP contribution in [0, 0.1) is 11.3 Å². The summed E-state index contributed by atoms with van der Waals surface area (Å²) >= 11 is 1.75. The molecule has 2 aliphatic rings. The molecule has 0 radical (unpaired) electrons. The maximum atomic E-state index is 11.8. The Bertz CT molecular complexity index is 587. The molecular weight excluding hydrogens is 308 g/mol. The topological polar surface area (TPSA) is 60.9 Å². The van der Waals surface area contributed by atoms with E-state index in [4.69, 9.17) is 0 Å². The second-order valence-electron chi connectivity index (χ2n) is 6.34. The molecule has 0 aromatic carbocycles. The lowest BCUT2D eigenvalue weighted by atomic mass is 9.73. The van der Waals surface area contributed by atoms with Gasteiger partial charge in [-0.3, -0.25) is 4.90 Å². The lowest BCUT2D eigenvalue weighted by Crippen LogP contribution is -2.48. The predicted octanol–water partition coefficient (Wildman–Crippen LogP) is 0.824. The first-order chi connectivity index (χ1) is 9.93. The van der Waals surface area contributed by atoms with Gasteiger partial charge in [-0.1, -0.05) is 6.07 Å². The van der Waals surface area contributed by atoms with Crippen LogP contribution in [0.15, 0.2) is 17.5 Å². The smallest absolute Gasteiger partial charge is 0.211 e. The van der Waals surface area contributed by atoms with Gasteiger partial charge >= 0.3 is 0 Å². The highest BCUT2D eigenvalue weighted by atomic mass is 32.2. The fraction of sp³-hybridized carbons (Fsp3) is 0.714. The zero-order chi connectivity index (χ0) is 15.1. The van der Waals surface area contributed by atoms with Crippen LogP contribution in [0.5, 0.6) is 0 Å². The van der Waals surface area contributed by atoms with Crippen LogP contribution in [0.1, 0.15) is 11.3 Å². The summed E-state index contributed by atoms with van der Waals surface area (Å²) < 4.78 is 25.2. The molecular formula is C14H22N2O3S2. The molecule has 3 heterocycles. The highest BCUT2D eigenvalue weighted by Crippen LogP contribution is 2.43. The molecule has 0 saturated carbocycles. The Hall–Kier alpha value is -0.470. The summed E-state index contributed by atoms with van der Waals surface area (Å²) in [5.41, 5.74) is -0.241. The number of fused-ring (bicyclic) bond motifs is 1. The predicted molar refractivity (Wildman–Crippen MR) is 83.6 cm³/mol. The summed E-state index contributed by atoms with van der Waals surface area (Å²) in [4.78, 5) is 3.72. The highest BCUT2D eigenvalue weighted by molar-refractivity contribution is 7.88. The number of rotatable bonds is 4. The van der Waals surface area contributed by atoms with E-state index in [1.807, 2.05) is 0 Å².